The summed E-state index contributed by atoms with van der Waals surface area (Å²) in [5.41, 5.74) is 2.06. The number of rotatable bonds is 1. The number of carboxylic acids is 1. The van der Waals surface area contributed by atoms with Gasteiger partial charge >= 0.3 is 0 Å². The number of carboxylic acid groups (broad SMARTS) is 1. The maximum atomic E-state index is 11.9. The molecule has 3 aliphatic carbocycles. The molecule has 5 rings (SSSR count). The minimum absolute atomic E-state index is 0.0367. The third-order valence-electron chi connectivity index (χ3n) is 8.70. The highest BCUT2D eigenvalue weighted by Gasteiger charge is 2.71. The smallest absolute Gasteiger partial charge is 0.296 e. The summed E-state index contributed by atoms with van der Waals surface area (Å²) >= 11 is 0. The number of nitrogens with zero attached hydrogens (tertiary/aromatic N) is 1. The van der Waals surface area contributed by atoms with Crippen molar-refractivity contribution in [2.45, 2.75) is 45.4 Å². The highest BCUT2D eigenvalue weighted by atomic mass is 16.4. The zero-order valence-corrected chi connectivity index (χ0v) is 16.4. The number of nitrogens with one attached hydrogen (secondary N) is 2. The Morgan fingerprint density at radius 3 is 3.04 bits per heavy atom. The maximum absolute atomic E-state index is 11.9. The molecule has 0 radical (unpaired) electrons. The van der Waals surface area contributed by atoms with Crippen LogP contribution in [0.4, 0.5) is 0 Å². The van der Waals surface area contributed by atoms with Crippen LogP contribution >= 0.6 is 0 Å². The molecule has 5 aliphatic rings. The molecular formula is C22H29N3O2. The second-order valence-electron chi connectivity index (χ2n) is 9.31. The van der Waals surface area contributed by atoms with Crippen molar-refractivity contribution in [1.29, 1.82) is 0 Å². The molecule has 1 unspecified atom stereocenters. The Kier molecular flexibility index (Phi) is 3.75. The van der Waals surface area contributed by atoms with Crippen LogP contribution in [0.3, 0.4) is 0 Å². The lowest BCUT2D eigenvalue weighted by atomic mass is 9.47. The number of aliphatic carboxylic acids is 1. The van der Waals surface area contributed by atoms with Crippen LogP contribution in [0.15, 0.2) is 16.1 Å². The van der Waals surface area contributed by atoms with Crippen molar-refractivity contribution in [2.24, 2.45) is 33.6 Å². The van der Waals surface area contributed by atoms with E-state index >= 15 is 0 Å². The normalized spacial score (nSPS) is 46.4. The van der Waals surface area contributed by atoms with E-state index in [4.69, 9.17) is 0 Å². The standard InChI is InChI=1S/C22H29N3O2/c1-14-11-15-5-3-9-24-20(23-2)25-10-4-7-21(13-25)17(15)12-18-16(19(26)27)6-8-22(14,18)21/h14-15,17H,4,6-13H2,1-2H3,(H,23,24)(H,26,27)/t14-,15-,17+,21-,22+/m1/s1. The number of carbonyl (C=O) groups excluding carboxylic acids is 1. The van der Waals surface area contributed by atoms with Crippen molar-refractivity contribution < 1.29 is 14.8 Å². The van der Waals surface area contributed by atoms with E-state index in [9.17, 15) is 9.90 Å². The number of hydrogen-bond donors (Lipinski definition) is 2. The van der Waals surface area contributed by atoms with Crippen molar-refractivity contribution in [3.8, 4) is 11.8 Å². The van der Waals surface area contributed by atoms with Gasteiger partial charge in [0.05, 0.1) is 25.6 Å². The second-order valence-corrected chi connectivity index (χ2v) is 9.31. The first-order valence-electron chi connectivity index (χ1n) is 10.5. The summed E-state index contributed by atoms with van der Waals surface area (Å²) in [5, 5.41) is 15.4. The van der Waals surface area contributed by atoms with Gasteiger partial charge in [0.15, 0.2) is 0 Å². The highest BCUT2D eigenvalue weighted by molar-refractivity contribution is 5.87. The molecule has 0 amide bonds. The Balaban J connectivity index is 1.73. The number of aliphatic imine (C=N–C) groups is 1. The van der Waals surface area contributed by atoms with Crippen LogP contribution in [0.25, 0.3) is 0 Å². The molecule has 6 atom stereocenters. The number of quaternary nitrogens is 1. The number of fused-ring (bicyclic) bond motifs is 1. The van der Waals surface area contributed by atoms with Crippen molar-refractivity contribution in [3.05, 3.63) is 11.1 Å². The Bertz CT molecular complexity index is 819. The molecule has 0 aromatic carbocycles. The summed E-state index contributed by atoms with van der Waals surface area (Å²) in [5.74, 6) is 8.40. The van der Waals surface area contributed by atoms with Gasteiger partial charge in [0, 0.05) is 23.8 Å². The molecule has 2 N–H and O–H groups in total. The van der Waals surface area contributed by atoms with Crippen molar-refractivity contribution in [1.82, 2.24) is 5.32 Å². The quantitative estimate of drug-likeness (QED) is 0.628. The summed E-state index contributed by atoms with van der Waals surface area (Å²) in [6.07, 6.45) is 6.08. The Morgan fingerprint density at radius 2 is 2.26 bits per heavy atom. The first-order chi connectivity index (χ1) is 13.0. The van der Waals surface area contributed by atoms with Crippen LogP contribution in [0.2, 0.25) is 0 Å². The number of allylic oxidation sites excluding steroid dienone is 1. The lowest BCUT2D eigenvalue weighted by molar-refractivity contribution is -0.827. The van der Waals surface area contributed by atoms with Gasteiger partial charge in [-0.15, -0.1) is 0 Å². The number of piperidine rings is 1. The molecule has 2 spiro atoms. The second kappa shape index (κ2) is 5.85. The minimum Gasteiger partial charge on any atom is -0.545 e. The molecule has 3 fully saturated rings. The fraction of sp³-hybridized carbons (Fsp3) is 0.727. The summed E-state index contributed by atoms with van der Waals surface area (Å²) in [7, 11) is 1.87. The Hall–Kier alpha value is -1.80. The molecule has 2 saturated carbocycles. The third kappa shape index (κ3) is 2.05. The summed E-state index contributed by atoms with van der Waals surface area (Å²) in [4.78, 5) is 17.9. The van der Waals surface area contributed by atoms with Gasteiger partial charge in [-0.05, 0) is 55.9 Å². The van der Waals surface area contributed by atoms with Crippen molar-refractivity contribution >= 4 is 11.9 Å². The number of carbonyl (C=O) groups is 1. The van der Waals surface area contributed by atoms with Crippen LogP contribution in [-0.2, 0) is 4.79 Å². The molecule has 1 saturated heterocycles. The fourth-order valence-electron chi connectivity index (χ4n) is 7.93. The lowest BCUT2D eigenvalue weighted by Gasteiger charge is -2.58. The molecule has 144 valence electrons. The highest BCUT2D eigenvalue weighted by Crippen LogP contribution is 2.75. The topological polar surface area (TPSA) is 69.0 Å². The Morgan fingerprint density at radius 1 is 1.41 bits per heavy atom. The predicted octanol–water partition coefficient (Wildman–Crippen LogP) is -0.253. The average Bonchev–Trinajstić information content (AvgIpc) is 3.11. The van der Waals surface area contributed by atoms with Gasteiger partial charge in [-0.2, -0.15) is 0 Å². The van der Waals surface area contributed by atoms with Crippen LogP contribution in [-0.4, -0.2) is 38.6 Å². The first-order valence-corrected chi connectivity index (χ1v) is 10.5. The zero-order valence-electron chi connectivity index (χ0n) is 16.4. The van der Waals surface area contributed by atoms with E-state index in [0.29, 0.717) is 36.3 Å². The van der Waals surface area contributed by atoms with E-state index in [1.54, 1.807) is 0 Å². The van der Waals surface area contributed by atoms with E-state index < -0.39 is 5.97 Å². The summed E-state index contributed by atoms with van der Waals surface area (Å²) < 4.78 is 0. The molecule has 5 heteroatoms. The van der Waals surface area contributed by atoms with Crippen LogP contribution in [0.5, 0.6) is 0 Å². The minimum atomic E-state index is -0.929. The third-order valence-corrected chi connectivity index (χ3v) is 8.70. The van der Waals surface area contributed by atoms with E-state index in [1.807, 2.05) is 7.05 Å². The molecular weight excluding hydrogens is 338 g/mol. The van der Waals surface area contributed by atoms with Gasteiger partial charge in [0.1, 0.15) is 0 Å². The molecule has 27 heavy (non-hydrogen) atoms. The van der Waals surface area contributed by atoms with E-state index in [-0.39, 0.29) is 10.8 Å². The van der Waals surface area contributed by atoms with Gasteiger partial charge in [-0.25, -0.2) is 4.99 Å². The number of guanidine groups is 1. The van der Waals surface area contributed by atoms with Gasteiger partial charge in [0.25, 0.3) is 5.96 Å². The van der Waals surface area contributed by atoms with Gasteiger partial charge in [-0.1, -0.05) is 24.3 Å². The number of hydrogen-bond acceptors (Lipinski definition) is 3. The predicted molar refractivity (Wildman–Crippen MR) is 101 cm³/mol. The molecule has 5 bridgehead atoms. The monoisotopic (exact) mass is 367 g/mol. The van der Waals surface area contributed by atoms with E-state index in [1.165, 1.54) is 23.3 Å². The molecule has 2 aliphatic heterocycles. The SMILES string of the molecule is CN=C1NCC#C[C@@H]2C[C@@H](C)[C@@]34CCC(C(=O)[O-])=C3C[C@@H]2[C@]42CCC[NH+]1C2. The largest absolute Gasteiger partial charge is 0.545 e. The van der Waals surface area contributed by atoms with Crippen LogP contribution in [0.1, 0.15) is 45.4 Å². The molecule has 0 aromatic rings. The van der Waals surface area contributed by atoms with E-state index in [0.717, 1.165) is 38.3 Å². The van der Waals surface area contributed by atoms with E-state index in [2.05, 4.69) is 29.1 Å². The van der Waals surface area contributed by atoms with Crippen LogP contribution in [0, 0.1) is 40.4 Å². The average molecular weight is 367 g/mol. The van der Waals surface area contributed by atoms with Gasteiger partial charge in [0.2, 0.25) is 0 Å². The summed E-state index contributed by atoms with van der Waals surface area (Å²) in [6.45, 7) is 5.18. The molecule has 2 heterocycles. The van der Waals surface area contributed by atoms with Crippen LogP contribution < -0.4 is 15.3 Å². The molecule has 0 aromatic heterocycles. The lowest BCUT2D eigenvalue weighted by Crippen LogP contribution is -3.19. The Labute approximate surface area is 161 Å². The molecule has 5 nitrogen and oxygen atoms in total. The zero-order chi connectivity index (χ0) is 18.8. The van der Waals surface area contributed by atoms with Gasteiger partial charge in [-0.3, -0.25) is 4.90 Å². The summed E-state index contributed by atoms with van der Waals surface area (Å²) in [6, 6.07) is 0. The van der Waals surface area contributed by atoms with Crippen molar-refractivity contribution in [2.75, 3.05) is 26.7 Å². The van der Waals surface area contributed by atoms with Crippen molar-refractivity contribution in [3.63, 3.8) is 0 Å². The van der Waals surface area contributed by atoms with Gasteiger partial charge < -0.3 is 15.2 Å². The maximum Gasteiger partial charge on any atom is 0.296 e. The fourth-order valence-corrected chi connectivity index (χ4v) is 7.93. The first kappa shape index (κ1) is 17.3.